The van der Waals surface area contributed by atoms with Crippen LogP contribution in [0.25, 0.3) is 0 Å². The van der Waals surface area contributed by atoms with Crippen molar-refractivity contribution in [3.63, 3.8) is 0 Å². The number of primary sulfonamides is 1. The van der Waals surface area contributed by atoms with E-state index in [4.69, 9.17) is 5.14 Å². The molecule has 0 spiro atoms. The summed E-state index contributed by atoms with van der Waals surface area (Å²) in [6, 6.07) is 0.0487. The van der Waals surface area contributed by atoms with Crippen LogP contribution in [0.15, 0.2) is 0 Å². The van der Waals surface area contributed by atoms with Gasteiger partial charge in [-0.3, -0.25) is 4.21 Å². The van der Waals surface area contributed by atoms with Crippen molar-refractivity contribution in [2.75, 3.05) is 24.3 Å². The first kappa shape index (κ1) is 13.0. The Morgan fingerprint density at radius 2 is 2.08 bits per heavy atom. The Morgan fingerprint density at radius 3 is 2.46 bits per heavy atom. The topological polar surface area (TPSA) is 89.3 Å². The minimum atomic E-state index is -3.39. The van der Waals surface area contributed by atoms with E-state index in [1.54, 1.807) is 6.26 Å². The molecule has 13 heavy (non-hydrogen) atoms. The van der Waals surface area contributed by atoms with Crippen molar-refractivity contribution in [3.05, 3.63) is 0 Å². The van der Waals surface area contributed by atoms with Crippen molar-refractivity contribution >= 4 is 20.8 Å². The van der Waals surface area contributed by atoms with E-state index in [-0.39, 0.29) is 11.8 Å². The highest BCUT2D eigenvalue weighted by molar-refractivity contribution is 7.89. The van der Waals surface area contributed by atoms with Gasteiger partial charge in [0.2, 0.25) is 10.0 Å². The Hall–Kier alpha value is 0.0200. The molecule has 0 aliphatic carbocycles. The average Bonchev–Trinajstić information content (AvgIpc) is 1.81. The van der Waals surface area contributed by atoms with Crippen LogP contribution in [0.4, 0.5) is 0 Å². The number of hydrogen-bond donors (Lipinski definition) is 2. The molecule has 0 heterocycles. The molecule has 0 aliphatic rings. The zero-order valence-electron chi connectivity index (χ0n) is 7.82. The first-order valence-electron chi connectivity index (χ1n) is 3.85. The van der Waals surface area contributed by atoms with E-state index in [2.05, 4.69) is 5.32 Å². The van der Waals surface area contributed by atoms with Gasteiger partial charge in [0.05, 0.1) is 5.75 Å². The summed E-state index contributed by atoms with van der Waals surface area (Å²) < 4.78 is 31.8. The fourth-order valence-corrected chi connectivity index (χ4v) is 2.08. The summed E-state index contributed by atoms with van der Waals surface area (Å²) in [7, 11) is -4.25. The van der Waals surface area contributed by atoms with Gasteiger partial charge in [-0.25, -0.2) is 13.6 Å². The molecule has 0 aromatic heterocycles. The second-order valence-corrected chi connectivity index (χ2v) is 6.18. The van der Waals surface area contributed by atoms with Crippen LogP contribution in [-0.2, 0) is 20.8 Å². The number of nitrogens with two attached hydrogens (primary N) is 1. The molecule has 0 rings (SSSR count). The zero-order chi connectivity index (χ0) is 10.5. The molecule has 0 aromatic rings. The van der Waals surface area contributed by atoms with Gasteiger partial charge in [0.1, 0.15) is 0 Å². The lowest BCUT2D eigenvalue weighted by molar-refractivity contribution is 0.579. The average molecular weight is 228 g/mol. The molecule has 3 N–H and O–H groups in total. The third kappa shape index (κ3) is 9.94. The van der Waals surface area contributed by atoms with E-state index in [1.807, 2.05) is 6.92 Å². The van der Waals surface area contributed by atoms with Gasteiger partial charge in [-0.05, 0) is 6.92 Å². The van der Waals surface area contributed by atoms with E-state index >= 15 is 0 Å². The second kappa shape index (κ2) is 5.69. The molecular weight excluding hydrogens is 212 g/mol. The van der Waals surface area contributed by atoms with Crippen molar-refractivity contribution in [2.45, 2.75) is 13.0 Å². The van der Waals surface area contributed by atoms with E-state index in [0.717, 1.165) is 0 Å². The monoisotopic (exact) mass is 228 g/mol. The van der Waals surface area contributed by atoms with Gasteiger partial charge in [0.15, 0.2) is 0 Å². The van der Waals surface area contributed by atoms with Gasteiger partial charge in [0.25, 0.3) is 0 Å². The van der Waals surface area contributed by atoms with Gasteiger partial charge in [-0.1, -0.05) is 0 Å². The predicted octanol–water partition coefficient (Wildman–Crippen LogP) is -1.37. The van der Waals surface area contributed by atoms with E-state index in [0.29, 0.717) is 12.3 Å². The highest BCUT2D eigenvalue weighted by Gasteiger charge is 2.06. The van der Waals surface area contributed by atoms with Crippen LogP contribution in [0.5, 0.6) is 0 Å². The summed E-state index contributed by atoms with van der Waals surface area (Å²) in [5.41, 5.74) is 0. The Kier molecular flexibility index (Phi) is 5.70. The van der Waals surface area contributed by atoms with E-state index in [1.165, 1.54) is 0 Å². The fourth-order valence-electron chi connectivity index (χ4n) is 0.859. The molecule has 0 bridgehead atoms. The van der Waals surface area contributed by atoms with Crippen LogP contribution >= 0.6 is 0 Å². The standard InChI is InChI=1S/C6H16N2O3S2/c1-6(5-12(2)9)8-3-4-13(7,10)11/h6,8H,3-5H2,1-2H3,(H2,7,10,11). The van der Waals surface area contributed by atoms with Crippen molar-refractivity contribution in [1.82, 2.24) is 5.32 Å². The Bertz CT molecular complexity index is 263. The maximum Gasteiger partial charge on any atom is 0.210 e. The van der Waals surface area contributed by atoms with Gasteiger partial charge in [-0.15, -0.1) is 0 Å². The van der Waals surface area contributed by atoms with Gasteiger partial charge < -0.3 is 5.32 Å². The summed E-state index contributed by atoms with van der Waals surface area (Å²) in [5, 5.41) is 7.71. The van der Waals surface area contributed by atoms with Crippen molar-refractivity contribution in [1.29, 1.82) is 0 Å². The summed E-state index contributed by atoms with van der Waals surface area (Å²) in [5.74, 6) is 0.429. The largest absolute Gasteiger partial charge is 0.312 e. The van der Waals surface area contributed by atoms with Gasteiger partial charge in [-0.2, -0.15) is 0 Å². The summed E-state index contributed by atoms with van der Waals surface area (Å²) in [6.07, 6.45) is 1.61. The minimum Gasteiger partial charge on any atom is -0.312 e. The number of sulfonamides is 1. The molecule has 0 aromatic carbocycles. The maximum absolute atomic E-state index is 10.7. The second-order valence-electron chi connectivity index (χ2n) is 2.96. The third-order valence-corrected chi connectivity index (χ3v) is 3.11. The fraction of sp³-hybridized carbons (Fsp3) is 1.00. The molecule has 0 amide bonds. The molecule has 0 saturated heterocycles. The van der Waals surface area contributed by atoms with Crippen LogP contribution in [0.3, 0.4) is 0 Å². The SMILES string of the molecule is CC(CS(C)=O)NCCS(N)(=O)=O. The molecule has 80 valence electrons. The summed E-state index contributed by atoms with van der Waals surface area (Å²) in [4.78, 5) is 0. The van der Waals surface area contributed by atoms with Crippen molar-refractivity contribution < 1.29 is 12.6 Å². The zero-order valence-corrected chi connectivity index (χ0v) is 9.45. The Morgan fingerprint density at radius 1 is 1.54 bits per heavy atom. The van der Waals surface area contributed by atoms with Crippen LogP contribution in [-0.4, -0.2) is 43.0 Å². The maximum atomic E-state index is 10.7. The molecule has 2 unspecified atom stereocenters. The van der Waals surface area contributed by atoms with Gasteiger partial charge in [0, 0.05) is 35.4 Å². The number of hydrogen-bond acceptors (Lipinski definition) is 4. The molecule has 0 saturated carbocycles. The van der Waals surface area contributed by atoms with Crippen LogP contribution < -0.4 is 10.5 Å². The lowest BCUT2D eigenvalue weighted by Gasteiger charge is -2.10. The van der Waals surface area contributed by atoms with E-state index in [9.17, 15) is 12.6 Å². The molecular formula is C6H16N2O3S2. The normalized spacial score (nSPS) is 16.8. The highest BCUT2D eigenvalue weighted by Crippen LogP contribution is 1.85. The smallest absolute Gasteiger partial charge is 0.210 e. The molecule has 7 heteroatoms. The molecule has 0 fully saturated rings. The van der Waals surface area contributed by atoms with Crippen LogP contribution in [0.1, 0.15) is 6.92 Å². The Balaban J connectivity index is 3.60. The molecule has 5 nitrogen and oxygen atoms in total. The molecule has 2 atom stereocenters. The highest BCUT2D eigenvalue weighted by atomic mass is 32.2. The summed E-state index contributed by atoms with van der Waals surface area (Å²) >= 11 is 0. The van der Waals surface area contributed by atoms with Gasteiger partial charge >= 0.3 is 0 Å². The van der Waals surface area contributed by atoms with Crippen molar-refractivity contribution in [3.8, 4) is 0 Å². The minimum absolute atomic E-state index is 0.0487. The third-order valence-electron chi connectivity index (χ3n) is 1.36. The van der Waals surface area contributed by atoms with Crippen molar-refractivity contribution in [2.24, 2.45) is 5.14 Å². The Labute approximate surface area is 81.6 Å². The molecule has 0 radical (unpaired) electrons. The van der Waals surface area contributed by atoms with Crippen LogP contribution in [0, 0.1) is 0 Å². The quantitative estimate of drug-likeness (QED) is 0.587. The van der Waals surface area contributed by atoms with E-state index < -0.39 is 20.8 Å². The predicted molar refractivity (Wildman–Crippen MR) is 54.4 cm³/mol. The lowest BCUT2D eigenvalue weighted by atomic mass is 10.4. The summed E-state index contributed by atoms with van der Waals surface area (Å²) in [6.45, 7) is 2.15. The van der Waals surface area contributed by atoms with Crippen LogP contribution in [0.2, 0.25) is 0 Å². The first-order chi connectivity index (χ1) is 5.81. The first-order valence-corrected chi connectivity index (χ1v) is 7.29. The number of rotatable bonds is 6. The lowest BCUT2D eigenvalue weighted by Crippen LogP contribution is -2.35. The molecule has 0 aliphatic heterocycles. The number of nitrogens with one attached hydrogen (secondary N) is 1.